The molecule has 0 aromatic carbocycles. The van der Waals surface area contributed by atoms with Gasteiger partial charge in [-0.2, -0.15) is 0 Å². The molecular formula is C11H21N3O3. The maximum Gasteiger partial charge on any atom is 0.407 e. The van der Waals surface area contributed by atoms with Crippen molar-refractivity contribution in [1.82, 2.24) is 16.0 Å². The van der Waals surface area contributed by atoms with E-state index in [4.69, 9.17) is 4.74 Å². The van der Waals surface area contributed by atoms with Crippen LogP contribution in [0.2, 0.25) is 0 Å². The van der Waals surface area contributed by atoms with Crippen LogP contribution in [0.15, 0.2) is 0 Å². The van der Waals surface area contributed by atoms with Crippen molar-refractivity contribution in [3.8, 4) is 0 Å². The van der Waals surface area contributed by atoms with Crippen LogP contribution in [0, 0.1) is 0 Å². The number of alkyl carbamates (subject to hydrolysis) is 1. The Bertz CT molecular complexity index is 286. The van der Waals surface area contributed by atoms with Crippen molar-refractivity contribution in [2.24, 2.45) is 0 Å². The van der Waals surface area contributed by atoms with Crippen molar-refractivity contribution in [2.45, 2.75) is 38.8 Å². The van der Waals surface area contributed by atoms with E-state index in [2.05, 4.69) is 16.0 Å². The average molecular weight is 243 g/mol. The van der Waals surface area contributed by atoms with Gasteiger partial charge >= 0.3 is 6.09 Å². The molecule has 0 spiro atoms. The van der Waals surface area contributed by atoms with Crippen LogP contribution in [0.1, 0.15) is 27.2 Å². The second kappa shape index (κ2) is 5.86. The Morgan fingerprint density at radius 1 is 1.47 bits per heavy atom. The highest BCUT2D eigenvalue weighted by Gasteiger charge is 2.20. The van der Waals surface area contributed by atoms with Crippen LogP contribution in [0.5, 0.6) is 0 Å². The number of hydrogen-bond acceptors (Lipinski definition) is 4. The van der Waals surface area contributed by atoms with Gasteiger partial charge in [0.05, 0.1) is 0 Å². The van der Waals surface area contributed by atoms with Gasteiger partial charge < -0.3 is 20.7 Å². The van der Waals surface area contributed by atoms with Crippen LogP contribution in [-0.2, 0) is 9.53 Å². The van der Waals surface area contributed by atoms with Crippen LogP contribution in [-0.4, -0.2) is 43.3 Å². The summed E-state index contributed by atoms with van der Waals surface area (Å²) in [4.78, 5) is 22.7. The van der Waals surface area contributed by atoms with E-state index in [0.717, 1.165) is 0 Å². The van der Waals surface area contributed by atoms with Gasteiger partial charge in [-0.15, -0.1) is 0 Å². The molecule has 1 unspecified atom stereocenters. The Morgan fingerprint density at radius 2 is 2.18 bits per heavy atom. The molecule has 0 radical (unpaired) electrons. The molecule has 2 amide bonds. The van der Waals surface area contributed by atoms with Gasteiger partial charge in [0.25, 0.3) is 0 Å². The lowest BCUT2D eigenvalue weighted by molar-refractivity contribution is -0.121. The SMILES string of the molecule is CC(C)(C)OC(=O)NCC1CC(=O)NCCN1. The Labute approximate surface area is 101 Å². The standard InChI is InChI=1S/C11H21N3O3/c1-11(2,3)17-10(16)14-7-8-6-9(15)13-5-4-12-8/h8,12H,4-7H2,1-3H3,(H,13,15)(H,14,16). The summed E-state index contributed by atoms with van der Waals surface area (Å²) in [5, 5.41) is 8.59. The third-order valence-electron chi connectivity index (χ3n) is 2.20. The molecule has 1 aliphatic heterocycles. The number of hydrogen-bond donors (Lipinski definition) is 3. The molecule has 1 atom stereocenters. The van der Waals surface area contributed by atoms with Crippen molar-refractivity contribution < 1.29 is 14.3 Å². The van der Waals surface area contributed by atoms with Gasteiger partial charge in [-0.1, -0.05) is 0 Å². The molecule has 1 rings (SSSR count). The first-order chi connectivity index (χ1) is 7.87. The quantitative estimate of drug-likeness (QED) is 0.637. The molecule has 1 heterocycles. The van der Waals surface area contributed by atoms with Crippen molar-refractivity contribution in [1.29, 1.82) is 0 Å². The molecule has 0 aromatic rings. The maximum atomic E-state index is 11.4. The second-order valence-corrected chi connectivity index (χ2v) is 5.09. The van der Waals surface area contributed by atoms with Gasteiger partial charge in [0.2, 0.25) is 5.91 Å². The molecule has 98 valence electrons. The Kier molecular flexibility index (Phi) is 4.74. The van der Waals surface area contributed by atoms with E-state index in [1.807, 2.05) is 20.8 Å². The molecular weight excluding hydrogens is 222 g/mol. The third-order valence-corrected chi connectivity index (χ3v) is 2.20. The summed E-state index contributed by atoms with van der Waals surface area (Å²) in [7, 11) is 0. The van der Waals surface area contributed by atoms with Crippen molar-refractivity contribution >= 4 is 12.0 Å². The monoisotopic (exact) mass is 243 g/mol. The summed E-state index contributed by atoms with van der Waals surface area (Å²) >= 11 is 0. The number of amides is 2. The largest absolute Gasteiger partial charge is 0.444 e. The van der Waals surface area contributed by atoms with Gasteiger partial charge in [0.15, 0.2) is 0 Å². The zero-order chi connectivity index (χ0) is 12.9. The summed E-state index contributed by atoms with van der Waals surface area (Å²) in [5.41, 5.74) is -0.502. The fourth-order valence-electron chi connectivity index (χ4n) is 1.51. The lowest BCUT2D eigenvalue weighted by Gasteiger charge is -2.21. The van der Waals surface area contributed by atoms with Crippen LogP contribution < -0.4 is 16.0 Å². The summed E-state index contributed by atoms with van der Waals surface area (Å²) < 4.78 is 5.11. The topological polar surface area (TPSA) is 79.5 Å². The van der Waals surface area contributed by atoms with E-state index in [1.165, 1.54) is 0 Å². The zero-order valence-electron chi connectivity index (χ0n) is 10.6. The van der Waals surface area contributed by atoms with Gasteiger partial charge in [0, 0.05) is 32.1 Å². The minimum atomic E-state index is -0.502. The highest BCUT2D eigenvalue weighted by Crippen LogP contribution is 2.06. The molecule has 6 heteroatoms. The van der Waals surface area contributed by atoms with E-state index < -0.39 is 11.7 Å². The van der Waals surface area contributed by atoms with E-state index in [9.17, 15) is 9.59 Å². The first kappa shape index (κ1) is 13.8. The number of carbonyl (C=O) groups is 2. The predicted octanol–water partition coefficient (Wildman–Crippen LogP) is -0.0108. The Balaban J connectivity index is 2.29. The molecule has 17 heavy (non-hydrogen) atoms. The maximum absolute atomic E-state index is 11.4. The van der Waals surface area contributed by atoms with E-state index in [-0.39, 0.29) is 11.9 Å². The van der Waals surface area contributed by atoms with Crippen LogP contribution in [0.25, 0.3) is 0 Å². The van der Waals surface area contributed by atoms with Crippen LogP contribution in [0.3, 0.4) is 0 Å². The van der Waals surface area contributed by atoms with E-state index in [0.29, 0.717) is 26.1 Å². The van der Waals surface area contributed by atoms with E-state index >= 15 is 0 Å². The normalized spacial score (nSPS) is 21.4. The molecule has 1 aliphatic rings. The van der Waals surface area contributed by atoms with Gasteiger partial charge in [-0.3, -0.25) is 4.79 Å². The highest BCUT2D eigenvalue weighted by atomic mass is 16.6. The van der Waals surface area contributed by atoms with Gasteiger partial charge in [0.1, 0.15) is 5.60 Å². The number of ether oxygens (including phenoxy) is 1. The van der Waals surface area contributed by atoms with Gasteiger partial charge in [-0.05, 0) is 20.8 Å². The minimum absolute atomic E-state index is 0.00555. The third kappa shape index (κ3) is 6.11. The van der Waals surface area contributed by atoms with Crippen molar-refractivity contribution in [2.75, 3.05) is 19.6 Å². The van der Waals surface area contributed by atoms with E-state index in [1.54, 1.807) is 0 Å². The molecule has 0 aromatic heterocycles. The summed E-state index contributed by atoms with van der Waals surface area (Å²) in [6.45, 7) is 7.16. The molecule has 3 N–H and O–H groups in total. The first-order valence-electron chi connectivity index (χ1n) is 5.84. The van der Waals surface area contributed by atoms with Crippen LogP contribution in [0.4, 0.5) is 4.79 Å². The average Bonchev–Trinajstić information content (AvgIpc) is 2.37. The van der Waals surface area contributed by atoms with Crippen molar-refractivity contribution in [3.05, 3.63) is 0 Å². The van der Waals surface area contributed by atoms with Crippen molar-refractivity contribution in [3.63, 3.8) is 0 Å². The Hall–Kier alpha value is -1.30. The van der Waals surface area contributed by atoms with Crippen LogP contribution >= 0.6 is 0 Å². The first-order valence-corrected chi connectivity index (χ1v) is 5.84. The fraction of sp³-hybridized carbons (Fsp3) is 0.818. The predicted molar refractivity (Wildman–Crippen MR) is 63.7 cm³/mol. The number of carbonyl (C=O) groups excluding carboxylic acids is 2. The molecule has 1 saturated heterocycles. The highest BCUT2D eigenvalue weighted by molar-refractivity contribution is 5.77. The molecule has 6 nitrogen and oxygen atoms in total. The lowest BCUT2D eigenvalue weighted by atomic mass is 10.2. The summed E-state index contributed by atoms with van der Waals surface area (Å²) in [6.07, 6.45) is -0.0838. The molecule has 0 bridgehead atoms. The fourth-order valence-corrected chi connectivity index (χ4v) is 1.51. The van der Waals surface area contributed by atoms with Gasteiger partial charge in [-0.25, -0.2) is 4.79 Å². The molecule has 1 fully saturated rings. The smallest absolute Gasteiger partial charge is 0.407 e. The molecule has 0 aliphatic carbocycles. The lowest BCUT2D eigenvalue weighted by Crippen LogP contribution is -2.43. The number of nitrogens with one attached hydrogen (secondary N) is 3. The zero-order valence-corrected chi connectivity index (χ0v) is 10.6. The summed E-state index contributed by atoms with van der Waals surface area (Å²) in [5.74, 6) is 0.00555. The number of rotatable bonds is 2. The minimum Gasteiger partial charge on any atom is -0.444 e. The summed E-state index contributed by atoms with van der Waals surface area (Å²) in [6, 6.07) is -0.0370. The second-order valence-electron chi connectivity index (χ2n) is 5.09. The molecule has 0 saturated carbocycles. The Morgan fingerprint density at radius 3 is 2.82 bits per heavy atom.